The number of thioether (sulfide) groups is 1. The first-order valence-corrected chi connectivity index (χ1v) is 10.0. The lowest BCUT2D eigenvalue weighted by atomic mass is 10.1. The van der Waals surface area contributed by atoms with Crippen LogP contribution in [0.2, 0.25) is 0 Å². The highest BCUT2D eigenvalue weighted by Crippen LogP contribution is 2.35. The van der Waals surface area contributed by atoms with Crippen molar-refractivity contribution in [3.63, 3.8) is 0 Å². The molecule has 0 fully saturated rings. The number of likely N-dealkylation sites (N-methyl/N-ethyl adjacent to an activating group) is 1. The fourth-order valence-electron chi connectivity index (χ4n) is 2.98. The zero-order valence-electron chi connectivity index (χ0n) is 16.4. The molecule has 0 unspecified atom stereocenters. The lowest BCUT2D eigenvalue weighted by Gasteiger charge is -2.24. The number of aryl methyl sites for hydroxylation is 2. The molecule has 0 saturated carbocycles. The predicted molar refractivity (Wildman–Crippen MR) is 108 cm³/mol. The second-order valence-corrected chi connectivity index (χ2v) is 7.51. The van der Waals surface area contributed by atoms with Gasteiger partial charge in [0.1, 0.15) is 5.25 Å². The number of aromatic nitrogens is 4. The van der Waals surface area contributed by atoms with Crippen molar-refractivity contribution in [2.45, 2.75) is 45.0 Å². The molecule has 3 rings (SSSR count). The van der Waals surface area contributed by atoms with Crippen molar-refractivity contribution in [1.82, 2.24) is 24.5 Å². The third kappa shape index (κ3) is 3.83. The molecule has 0 aliphatic rings. The van der Waals surface area contributed by atoms with Crippen molar-refractivity contribution >= 4 is 23.4 Å². The number of carbonyl (C=O) groups excluding carboxylic acids is 1. The van der Waals surface area contributed by atoms with Gasteiger partial charge in [0, 0.05) is 24.5 Å². The minimum atomic E-state index is -0.383. The van der Waals surface area contributed by atoms with Crippen molar-refractivity contribution in [2.75, 3.05) is 13.1 Å². The van der Waals surface area contributed by atoms with Gasteiger partial charge in [0.15, 0.2) is 0 Å². The second kappa shape index (κ2) is 8.08. The number of hydrogen-bond donors (Lipinski definition) is 0. The molecule has 1 amide bonds. The largest absolute Gasteiger partial charge is 0.342 e. The quantitative estimate of drug-likeness (QED) is 0.607. The maximum absolute atomic E-state index is 13.1. The molecule has 1 aromatic carbocycles. The second-order valence-electron chi connectivity index (χ2n) is 6.43. The van der Waals surface area contributed by atoms with Gasteiger partial charge in [-0.2, -0.15) is 4.98 Å². The molecule has 0 N–H and O–H groups in total. The molecular formula is C20H25N5OS. The van der Waals surface area contributed by atoms with Gasteiger partial charge < -0.3 is 4.90 Å². The summed E-state index contributed by atoms with van der Waals surface area (Å²) in [5.41, 5.74) is 4.02. The molecule has 0 aliphatic carbocycles. The zero-order valence-corrected chi connectivity index (χ0v) is 17.2. The maximum Gasteiger partial charge on any atom is 0.253 e. The molecule has 3 aromatic rings. The first kappa shape index (κ1) is 19.4. The molecule has 0 aliphatic heterocycles. The van der Waals surface area contributed by atoms with Crippen LogP contribution in [0.3, 0.4) is 0 Å². The van der Waals surface area contributed by atoms with Crippen LogP contribution in [0.5, 0.6) is 0 Å². The molecule has 1 atom stereocenters. The molecule has 0 spiro atoms. The fraction of sp³-hybridized carbons (Fsp3) is 0.400. The molecule has 27 heavy (non-hydrogen) atoms. The monoisotopic (exact) mass is 383 g/mol. The first-order valence-electron chi connectivity index (χ1n) is 9.17. The average molecular weight is 384 g/mol. The lowest BCUT2D eigenvalue weighted by Crippen LogP contribution is -2.33. The number of fused-ring (bicyclic) bond motifs is 1. The van der Waals surface area contributed by atoms with Gasteiger partial charge in [-0.15, -0.1) is 5.10 Å². The van der Waals surface area contributed by atoms with E-state index in [1.807, 2.05) is 69.9 Å². The van der Waals surface area contributed by atoms with Gasteiger partial charge in [-0.25, -0.2) is 9.50 Å². The maximum atomic E-state index is 13.1. The highest BCUT2D eigenvalue weighted by atomic mass is 32.2. The Kier molecular flexibility index (Phi) is 5.79. The summed E-state index contributed by atoms with van der Waals surface area (Å²) in [5, 5.41) is 4.79. The summed E-state index contributed by atoms with van der Waals surface area (Å²) >= 11 is 1.38. The molecule has 0 radical (unpaired) electrons. The first-order chi connectivity index (χ1) is 13.0. The van der Waals surface area contributed by atoms with Crippen LogP contribution in [0.25, 0.3) is 5.78 Å². The molecule has 2 heterocycles. The summed E-state index contributed by atoms with van der Waals surface area (Å²) in [6, 6.07) is 9.82. The number of carbonyl (C=O) groups is 1. The Balaban J connectivity index is 2.00. The minimum Gasteiger partial charge on any atom is -0.342 e. The van der Waals surface area contributed by atoms with E-state index in [9.17, 15) is 4.79 Å². The van der Waals surface area contributed by atoms with Crippen LogP contribution in [-0.2, 0) is 4.79 Å². The third-order valence-corrected chi connectivity index (χ3v) is 5.96. The van der Waals surface area contributed by atoms with Gasteiger partial charge in [0.2, 0.25) is 11.1 Å². The van der Waals surface area contributed by atoms with E-state index in [-0.39, 0.29) is 11.2 Å². The average Bonchev–Trinajstić information content (AvgIpc) is 3.08. The van der Waals surface area contributed by atoms with Crippen LogP contribution >= 0.6 is 11.8 Å². The Hall–Kier alpha value is -2.41. The Morgan fingerprint density at radius 2 is 1.78 bits per heavy atom. The van der Waals surface area contributed by atoms with E-state index in [1.165, 1.54) is 11.8 Å². The SMILES string of the molecule is CCN(CC)C(=O)[C@H](Sc1nc2nc(C)c(C)c(C)n2n1)c1ccccc1. The number of rotatable bonds is 6. The topological polar surface area (TPSA) is 63.4 Å². The summed E-state index contributed by atoms with van der Waals surface area (Å²) in [6.07, 6.45) is 0. The van der Waals surface area contributed by atoms with Crippen LogP contribution < -0.4 is 0 Å². The van der Waals surface area contributed by atoms with Crippen LogP contribution in [0.1, 0.15) is 41.6 Å². The van der Waals surface area contributed by atoms with Crippen molar-refractivity contribution < 1.29 is 4.79 Å². The number of benzene rings is 1. The van der Waals surface area contributed by atoms with Crippen LogP contribution in [0, 0.1) is 20.8 Å². The smallest absolute Gasteiger partial charge is 0.253 e. The van der Waals surface area contributed by atoms with Gasteiger partial charge in [-0.05, 0) is 45.7 Å². The predicted octanol–water partition coefficient (Wildman–Crippen LogP) is 3.75. The van der Waals surface area contributed by atoms with Gasteiger partial charge >= 0.3 is 0 Å². The third-order valence-electron chi connectivity index (χ3n) is 4.87. The molecular weight excluding hydrogens is 358 g/mol. The number of nitrogens with zero attached hydrogens (tertiary/aromatic N) is 5. The van der Waals surface area contributed by atoms with Crippen LogP contribution in [0.15, 0.2) is 35.5 Å². The van der Waals surface area contributed by atoms with Crippen LogP contribution in [-0.4, -0.2) is 43.5 Å². The van der Waals surface area contributed by atoms with Crippen molar-refractivity contribution in [3.05, 3.63) is 52.8 Å². The Morgan fingerprint density at radius 1 is 1.11 bits per heavy atom. The summed E-state index contributed by atoms with van der Waals surface area (Å²) in [5.74, 6) is 0.646. The molecule has 0 bridgehead atoms. The molecule has 0 saturated heterocycles. The Morgan fingerprint density at radius 3 is 2.41 bits per heavy atom. The van der Waals surface area contributed by atoms with E-state index in [0.29, 0.717) is 24.0 Å². The van der Waals surface area contributed by atoms with E-state index in [2.05, 4.69) is 15.1 Å². The summed E-state index contributed by atoms with van der Waals surface area (Å²) in [4.78, 5) is 24.1. The molecule has 142 valence electrons. The molecule has 7 heteroatoms. The number of amides is 1. The Labute approximate surface area is 164 Å². The minimum absolute atomic E-state index is 0.0760. The highest BCUT2D eigenvalue weighted by Gasteiger charge is 2.27. The number of hydrogen-bond acceptors (Lipinski definition) is 5. The summed E-state index contributed by atoms with van der Waals surface area (Å²) in [7, 11) is 0. The highest BCUT2D eigenvalue weighted by molar-refractivity contribution is 8.00. The fourth-order valence-corrected chi connectivity index (χ4v) is 4.00. The van der Waals surface area contributed by atoms with E-state index in [4.69, 9.17) is 0 Å². The van der Waals surface area contributed by atoms with E-state index >= 15 is 0 Å². The van der Waals surface area contributed by atoms with Gasteiger partial charge in [-0.1, -0.05) is 42.1 Å². The standard InChI is InChI=1S/C20H25N5OS/c1-6-24(7-2)18(26)17(16-11-9-8-10-12-16)27-20-22-19-21-14(4)13(3)15(5)25(19)23-20/h8-12,17H,6-7H2,1-5H3/t17-/m1/s1. The molecule has 2 aromatic heterocycles. The lowest BCUT2D eigenvalue weighted by molar-refractivity contribution is -0.130. The van der Waals surface area contributed by atoms with E-state index in [0.717, 1.165) is 22.5 Å². The van der Waals surface area contributed by atoms with Gasteiger partial charge in [-0.3, -0.25) is 4.79 Å². The van der Waals surface area contributed by atoms with Crippen molar-refractivity contribution in [3.8, 4) is 0 Å². The van der Waals surface area contributed by atoms with Crippen LogP contribution in [0.4, 0.5) is 0 Å². The van der Waals surface area contributed by atoms with E-state index in [1.54, 1.807) is 4.52 Å². The normalized spacial score (nSPS) is 12.3. The summed E-state index contributed by atoms with van der Waals surface area (Å²) in [6.45, 7) is 11.4. The van der Waals surface area contributed by atoms with Gasteiger partial charge in [0.05, 0.1) is 0 Å². The van der Waals surface area contributed by atoms with E-state index < -0.39 is 0 Å². The van der Waals surface area contributed by atoms with Crippen molar-refractivity contribution in [2.24, 2.45) is 0 Å². The van der Waals surface area contributed by atoms with Gasteiger partial charge in [0.25, 0.3) is 5.78 Å². The zero-order chi connectivity index (χ0) is 19.6. The summed E-state index contributed by atoms with van der Waals surface area (Å²) < 4.78 is 1.76. The Bertz CT molecular complexity index is 950. The van der Waals surface area contributed by atoms with Crippen molar-refractivity contribution in [1.29, 1.82) is 0 Å². The molecule has 6 nitrogen and oxygen atoms in total.